The Morgan fingerprint density at radius 3 is 1.97 bits per heavy atom. The van der Waals surface area contributed by atoms with Gasteiger partial charge in [-0.1, -0.05) is 46.8 Å². The molecule has 372 valence electrons. The van der Waals surface area contributed by atoms with Crippen molar-refractivity contribution < 1.29 is 84.3 Å². The summed E-state index contributed by atoms with van der Waals surface area (Å²) < 4.78 is 34.8. The van der Waals surface area contributed by atoms with E-state index in [9.17, 15) is 55.9 Å². The molecule has 5 aliphatic carbocycles. The number of carbonyl (C=O) groups is 1. The largest absolute Gasteiger partial charge is 0.432 e. The third-order valence-electron chi connectivity index (χ3n) is 19.7. The smallest absolute Gasteiger partial charge is 0.314 e. The van der Waals surface area contributed by atoms with Crippen LogP contribution in [0.5, 0.6) is 0 Å². The van der Waals surface area contributed by atoms with Crippen LogP contribution in [-0.4, -0.2) is 168 Å². The molecule has 0 unspecified atom stereocenters. The highest BCUT2D eigenvalue weighted by Gasteiger charge is 2.72. The zero-order valence-electron chi connectivity index (χ0n) is 39.1. The first kappa shape index (κ1) is 50.0. The Hall–Kier alpha value is -1.39. The maximum absolute atomic E-state index is 15.0. The summed E-state index contributed by atoms with van der Waals surface area (Å²) in [6.07, 6.45) is -15.7. The van der Waals surface area contributed by atoms with Crippen LogP contribution in [0.4, 0.5) is 0 Å². The Balaban J connectivity index is 0.962. The fourth-order valence-corrected chi connectivity index (χ4v) is 15.7. The van der Waals surface area contributed by atoms with Crippen LogP contribution in [0.3, 0.4) is 0 Å². The van der Waals surface area contributed by atoms with Crippen LogP contribution < -0.4 is 0 Å². The molecule has 3 saturated heterocycles. The highest BCUT2D eigenvalue weighted by atomic mass is 16.8. The first-order valence-electron chi connectivity index (χ1n) is 24.2. The molecule has 65 heavy (non-hydrogen) atoms. The normalized spacial score (nSPS) is 55.2. The standard InChI is InChI=1S/C48H78O17/c1-21(2)23-11-16-48(18-17-46(7)24(30(23)48)9-10-28-45(6)14-13-29(50)44(4,5)27(45)12-15-47(28,46)8)43(59)65-42-37(57)34(54)32(52)26(63-42)20-60-40-38(58)35(55)39(25(19-49)62-40)64-41-36(56)33(53)31(51)22(3)61-41/h22-42,49-58H,1,9-20H2,2-8H3/t22-,23-,24-,25+,26+,27+,28+,29+,30+,31-,32+,33+,34-,35+,36+,37+,38+,39+,40+,41-,42-,45-,46+,47+,48-/m0/s1. The average Bonchev–Trinajstić information content (AvgIpc) is 3.67. The summed E-state index contributed by atoms with van der Waals surface area (Å²) in [6.45, 7) is 18.5. The summed E-state index contributed by atoms with van der Waals surface area (Å²) in [6, 6.07) is 0. The minimum absolute atomic E-state index is 0.00379. The van der Waals surface area contributed by atoms with Gasteiger partial charge in [0.15, 0.2) is 12.6 Å². The molecule has 25 atom stereocenters. The van der Waals surface area contributed by atoms with E-state index in [2.05, 4.69) is 41.2 Å². The Kier molecular flexibility index (Phi) is 13.7. The van der Waals surface area contributed by atoms with E-state index in [-0.39, 0.29) is 45.5 Å². The van der Waals surface area contributed by atoms with Crippen molar-refractivity contribution in [2.24, 2.45) is 56.7 Å². The summed E-state index contributed by atoms with van der Waals surface area (Å²) in [5, 5.41) is 108. The number of esters is 1. The molecule has 0 spiro atoms. The van der Waals surface area contributed by atoms with E-state index in [4.69, 9.17) is 28.4 Å². The third-order valence-corrected chi connectivity index (χ3v) is 19.7. The number of carbonyl (C=O) groups excluding carboxylic acids is 1. The van der Waals surface area contributed by atoms with Crippen LogP contribution >= 0.6 is 0 Å². The molecule has 10 N–H and O–H groups in total. The van der Waals surface area contributed by atoms with Gasteiger partial charge in [-0.2, -0.15) is 0 Å². The summed E-state index contributed by atoms with van der Waals surface area (Å²) in [5.74, 6) is 0.544. The van der Waals surface area contributed by atoms with E-state index in [0.717, 1.165) is 56.9 Å². The molecule has 8 rings (SSSR count). The lowest BCUT2D eigenvalue weighted by Gasteiger charge is -2.72. The molecule has 3 aliphatic heterocycles. The van der Waals surface area contributed by atoms with Gasteiger partial charge in [-0.3, -0.25) is 4.79 Å². The average molecular weight is 927 g/mol. The zero-order chi connectivity index (χ0) is 47.5. The molecule has 0 aromatic rings. The van der Waals surface area contributed by atoms with Gasteiger partial charge < -0.3 is 79.5 Å². The van der Waals surface area contributed by atoms with Crippen molar-refractivity contribution in [1.82, 2.24) is 0 Å². The maximum atomic E-state index is 15.0. The first-order chi connectivity index (χ1) is 30.4. The van der Waals surface area contributed by atoms with Gasteiger partial charge in [-0.05, 0) is 129 Å². The molecule has 0 aromatic heterocycles. The topological polar surface area (TPSA) is 275 Å². The van der Waals surface area contributed by atoms with Gasteiger partial charge in [-0.15, -0.1) is 0 Å². The van der Waals surface area contributed by atoms with E-state index >= 15 is 0 Å². The second-order valence-electron chi connectivity index (χ2n) is 23.0. The van der Waals surface area contributed by atoms with Gasteiger partial charge in [0.05, 0.1) is 30.8 Å². The Bertz CT molecular complexity index is 1750. The summed E-state index contributed by atoms with van der Waals surface area (Å²) in [5.41, 5.74) is -0.0485. The van der Waals surface area contributed by atoms with E-state index in [1.807, 2.05) is 6.92 Å². The van der Waals surface area contributed by atoms with Crippen LogP contribution in [0, 0.1) is 56.7 Å². The number of hydrogen-bond donors (Lipinski definition) is 10. The number of rotatable bonds is 9. The summed E-state index contributed by atoms with van der Waals surface area (Å²) >= 11 is 0. The van der Waals surface area contributed by atoms with Crippen molar-refractivity contribution in [2.75, 3.05) is 13.2 Å². The van der Waals surface area contributed by atoms with Crippen LogP contribution in [0.1, 0.15) is 113 Å². The van der Waals surface area contributed by atoms with E-state index in [1.54, 1.807) is 0 Å². The third kappa shape index (κ3) is 7.72. The lowest BCUT2D eigenvalue weighted by Crippen LogP contribution is -2.67. The van der Waals surface area contributed by atoms with Crippen LogP contribution in [0.25, 0.3) is 0 Å². The van der Waals surface area contributed by atoms with Crippen molar-refractivity contribution in [2.45, 2.75) is 211 Å². The molecule has 8 aliphatic rings. The van der Waals surface area contributed by atoms with E-state index in [1.165, 1.54) is 6.92 Å². The molecule has 0 radical (unpaired) electrons. The molecule has 3 heterocycles. The van der Waals surface area contributed by atoms with Gasteiger partial charge in [-0.25, -0.2) is 0 Å². The SMILES string of the molecule is C=C(C)[C@@H]1CC[C@]2(C(=O)O[C@@H]3O[C@H](CO[C@@H]4O[C@H](CO)[C@@H](O[C@@H]5O[C@@H](C)[C@H](O)[C@@H](O)[C@H]5O)[C@H](O)[C@H]4O)[C@@H](O)[C@H](O)[C@H]3O)CC[C@]3(C)[C@@H](CC[C@@H]4[C@@]5(C)CC[C@@H](O)C(C)(C)[C@H]5CC[C@]43C)[C@@H]12. The van der Waals surface area contributed by atoms with Crippen LogP contribution in [-0.2, 0) is 33.2 Å². The van der Waals surface area contributed by atoms with Gasteiger partial charge >= 0.3 is 5.97 Å². The quantitative estimate of drug-likeness (QED) is 0.114. The van der Waals surface area contributed by atoms with Crippen LogP contribution in [0.2, 0.25) is 0 Å². The van der Waals surface area contributed by atoms with Gasteiger partial charge in [0.1, 0.15) is 67.1 Å². The monoisotopic (exact) mass is 927 g/mol. The number of fused-ring (bicyclic) bond motifs is 7. The maximum Gasteiger partial charge on any atom is 0.314 e. The number of ether oxygens (including phenoxy) is 6. The fraction of sp³-hybridized carbons (Fsp3) is 0.938. The van der Waals surface area contributed by atoms with Gasteiger partial charge in [0, 0.05) is 0 Å². The number of hydrogen-bond acceptors (Lipinski definition) is 17. The lowest BCUT2D eigenvalue weighted by atomic mass is 9.32. The van der Waals surface area contributed by atoms with Crippen molar-refractivity contribution in [1.29, 1.82) is 0 Å². The van der Waals surface area contributed by atoms with Gasteiger partial charge in [0.2, 0.25) is 6.29 Å². The molecule has 0 amide bonds. The first-order valence-corrected chi connectivity index (χ1v) is 24.2. The molecule has 0 bridgehead atoms. The van der Waals surface area contributed by atoms with E-state index in [0.29, 0.717) is 24.7 Å². The number of aliphatic hydroxyl groups excluding tert-OH is 10. The molecular weight excluding hydrogens is 849 g/mol. The summed E-state index contributed by atoms with van der Waals surface area (Å²) in [7, 11) is 0. The number of aliphatic hydroxyl groups is 10. The molecule has 0 aromatic carbocycles. The predicted molar refractivity (Wildman–Crippen MR) is 229 cm³/mol. The molecule has 8 fully saturated rings. The highest BCUT2D eigenvalue weighted by Crippen LogP contribution is 2.77. The molecule has 17 heteroatoms. The van der Waals surface area contributed by atoms with Crippen molar-refractivity contribution in [3.8, 4) is 0 Å². The lowest BCUT2D eigenvalue weighted by molar-refractivity contribution is -0.361. The minimum atomic E-state index is -1.84. The highest BCUT2D eigenvalue weighted by molar-refractivity contribution is 5.78. The Morgan fingerprint density at radius 2 is 1.29 bits per heavy atom. The van der Waals surface area contributed by atoms with Gasteiger partial charge in [0.25, 0.3) is 0 Å². The molecular formula is C48H78O17. The summed E-state index contributed by atoms with van der Waals surface area (Å²) in [4.78, 5) is 15.0. The van der Waals surface area contributed by atoms with Crippen LogP contribution in [0.15, 0.2) is 12.2 Å². The molecule has 5 saturated carbocycles. The van der Waals surface area contributed by atoms with Crippen molar-refractivity contribution in [3.63, 3.8) is 0 Å². The second-order valence-corrected chi connectivity index (χ2v) is 23.0. The van der Waals surface area contributed by atoms with E-state index < -0.39 is 117 Å². The Labute approximate surface area is 382 Å². The fourth-order valence-electron chi connectivity index (χ4n) is 15.7. The van der Waals surface area contributed by atoms with Crippen molar-refractivity contribution >= 4 is 5.97 Å². The molecule has 17 nitrogen and oxygen atoms in total. The number of allylic oxidation sites excluding steroid dienone is 1. The Morgan fingerprint density at radius 1 is 0.646 bits per heavy atom. The van der Waals surface area contributed by atoms with Crippen molar-refractivity contribution in [3.05, 3.63) is 12.2 Å². The second kappa shape index (κ2) is 17.8. The minimum Gasteiger partial charge on any atom is -0.432 e. The predicted octanol–water partition coefficient (Wildman–Crippen LogP) is 1.02. The zero-order valence-corrected chi connectivity index (χ0v) is 39.1.